The fourth-order valence-corrected chi connectivity index (χ4v) is 2.66. The van der Waals surface area contributed by atoms with Crippen LogP contribution in [-0.2, 0) is 9.53 Å². The van der Waals surface area contributed by atoms with Gasteiger partial charge in [-0.25, -0.2) is 9.67 Å². The van der Waals surface area contributed by atoms with Crippen LogP contribution in [-0.4, -0.2) is 39.8 Å². The Kier molecular flexibility index (Phi) is 6.71. The third-order valence-electron chi connectivity index (χ3n) is 4.06. The van der Waals surface area contributed by atoms with Gasteiger partial charge in [0.15, 0.2) is 5.65 Å². The summed E-state index contributed by atoms with van der Waals surface area (Å²) in [6.45, 7) is 10.7. The number of esters is 1. The molecule has 1 amide bonds. The van der Waals surface area contributed by atoms with Gasteiger partial charge in [-0.1, -0.05) is 13.8 Å². The average Bonchev–Trinajstić information content (AvgIpc) is 3.02. The lowest BCUT2D eigenvalue weighted by atomic mass is 10.0. The second-order valence-electron chi connectivity index (χ2n) is 6.83. The minimum Gasteiger partial charge on any atom is -0.466 e. The first-order valence-corrected chi connectivity index (χ1v) is 9.17. The molecule has 7 heteroatoms. The van der Waals surface area contributed by atoms with Crippen LogP contribution in [0.4, 0.5) is 0 Å². The van der Waals surface area contributed by atoms with E-state index in [0.29, 0.717) is 31.6 Å². The number of nitrogens with zero attached hydrogens (tertiary/aromatic N) is 3. The molecule has 0 unspecified atom stereocenters. The Labute approximate surface area is 154 Å². The molecule has 2 aromatic rings. The Morgan fingerprint density at radius 1 is 1.27 bits per heavy atom. The number of hydrogen-bond donors (Lipinski definition) is 1. The zero-order valence-electron chi connectivity index (χ0n) is 16.2. The van der Waals surface area contributed by atoms with Crippen LogP contribution in [0.15, 0.2) is 12.3 Å². The van der Waals surface area contributed by atoms with E-state index in [1.807, 2.05) is 38.4 Å². The highest BCUT2D eigenvalue weighted by Gasteiger charge is 2.18. The minimum absolute atomic E-state index is 0.155. The van der Waals surface area contributed by atoms with Gasteiger partial charge in [-0.3, -0.25) is 9.59 Å². The number of carbonyl (C=O) groups is 2. The molecule has 2 heterocycles. The zero-order chi connectivity index (χ0) is 19.3. The largest absolute Gasteiger partial charge is 0.466 e. The highest BCUT2D eigenvalue weighted by Crippen LogP contribution is 2.24. The lowest BCUT2D eigenvalue weighted by Crippen LogP contribution is -2.25. The number of ether oxygens (including phenoxy) is 1. The number of fused-ring (bicyclic) bond motifs is 1. The van der Waals surface area contributed by atoms with Crippen molar-refractivity contribution in [3.8, 4) is 0 Å². The molecule has 1 N–H and O–H groups in total. The van der Waals surface area contributed by atoms with Gasteiger partial charge < -0.3 is 10.1 Å². The van der Waals surface area contributed by atoms with Gasteiger partial charge in [-0.2, -0.15) is 5.10 Å². The van der Waals surface area contributed by atoms with Crippen molar-refractivity contribution < 1.29 is 14.3 Å². The first kappa shape index (κ1) is 19.9. The first-order chi connectivity index (χ1) is 12.3. The predicted molar refractivity (Wildman–Crippen MR) is 100 cm³/mol. The second-order valence-corrected chi connectivity index (χ2v) is 6.83. The van der Waals surface area contributed by atoms with Gasteiger partial charge >= 0.3 is 5.97 Å². The van der Waals surface area contributed by atoms with E-state index in [1.54, 1.807) is 13.1 Å². The van der Waals surface area contributed by atoms with Crippen molar-refractivity contribution in [2.24, 2.45) is 0 Å². The molecule has 0 aliphatic rings. The summed E-state index contributed by atoms with van der Waals surface area (Å²) >= 11 is 0. The predicted octanol–water partition coefficient (Wildman–Crippen LogP) is 3.21. The van der Waals surface area contributed by atoms with E-state index in [-0.39, 0.29) is 23.8 Å². The molecule has 2 aromatic heterocycles. The van der Waals surface area contributed by atoms with Crippen LogP contribution < -0.4 is 5.32 Å². The van der Waals surface area contributed by atoms with E-state index in [9.17, 15) is 9.59 Å². The summed E-state index contributed by atoms with van der Waals surface area (Å²) in [5, 5.41) is 8.01. The number of hydrogen-bond acceptors (Lipinski definition) is 5. The molecule has 0 radical (unpaired) electrons. The maximum absolute atomic E-state index is 12.7. The number of aromatic nitrogens is 3. The molecular formula is C19H28N4O3. The normalized spacial score (nSPS) is 11.3. The molecule has 2 rings (SSSR count). The number of pyridine rings is 1. The highest BCUT2D eigenvalue weighted by molar-refractivity contribution is 6.05. The standard InChI is InChI=1S/C19H28N4O3/c1-6-26-17(24)8-7-9-20-19(25)14-10-16(12(2)3)22-18-15(14)11-21-23(18)13(4)5/h10-13H,6-9H2,1-5H3,(H,20,25). The van der Waals surface area contributed by atoms with Crippen LogP contribution in [0.25, 0.3) is 11.0 Å². The quantitative estimate of drug-likeness (QED) is 0.577. The lowest BCUT2D eigenvalue weighted by Gasteiger charge is -2.12. The fraction of sp³-hybridized carbons (Fsp3) is 0.579. The molecule has 142 valence electrons. The Hall–Kier alpha value is -2.44. The van der Waals surface area contributed by atoms with E-state index in [0.717, 1.165) is 16.7 Å². The second kappa shape index (κ2) is 8.78. The number of nitrogens with one attached hydrogen (secondary N) is 1. The molecule has 0 fully saturated rings. The van der Waals surface area contributed by atoms with E-state index in [2.05, 4.69) is 10.4 Å². The molecule has 0 spiro atoms. The first-order valence-electron chi connectivity index (χ1n) is 9.17. The number of carbonyl (C=O) groups excluding carboxylic acids is 2. The van der Waals surface area contributed by atoms with Crippen LogP contribution in [0.2, 0.25) is 0 Å². The number of rotatable bonds is 8. The van der Waals surface area contributed by atoms with Crippen molar-refractivity contribution in [3.05, 3.63) is 23.5 Å². The summed E-state index contributed by atoms with van der Waals surface area (Å²) in [6.07, 6.45) is 2.53. The highest BCUT2D eigenvalue weighted by atomic mass is 16.5. The summed E-state index contributed by atoms with van der Waals surface area (Å²) in [4.78, 5) is 28.8. The smallest absolute Gasteiger partial charge is 0.305 e. The Bertz CT molecular complexity index is 780. The van der Waals surface area contributed by atoms with Crippen LogP contribution in [0, 0.1) is 0 Å². The van der Waals surface area contributed by atoms with E-state index in [4.69, 9.17) is 9.72 Å². The average molecular weight is 360 g/mol. The topological polar surface area (TPSA) is 86.1 Å². The van der Waals surface area contributed by atoms with Crippen molar-refractivity contribution >= 4 is 22.9 Å². The molecule has 0 aromatic carbocycles. The van der Waals surface area contributed by atoms with E-state index < -0.39 is 0 Å². The maximum atomic E-state index is 12.7. The fourth-order valence-electron chi connectivity index (χ4n) is 2.66. The monoisotopic (exact) mass is 360 g/mol. The van der Waals surface area contributed by atoms with Crippen molar-refractivity contribution in [1.82, 2.24) is 20.1 Å². The Morgan fingerprint density at radius 3 is 2.62 bits per heavy atom. The molecule has 0 aliphatic carbocycles. The lowest BCUT2D eigenvalue weighted by molar-refractivity contribution is -0.143. The van der Waals surface area contributed by atoms with Crippen LogP contribution >= 0.6 is 0 Å². The summed E-state index contributed by atoms with van der Waals surface area (Å²) in [5.74, 6) is -0.218. The van der Waals surface area contributed by atoms with Crippen molar-refractivity contribution in [3.63, 3.8) is 0 Å². The zero-order valence-corrected chi connectivity index (χ0v) is 16.2. The van der Waals surface area contributed by atoms with Crippen molar-refractivity contribution in [1.29, 1.82) is 0 Å². The maximum Gasteiger partial charge on any atom is 0.305 e. The molecule has 0 bridgehead atoms. The SMILES string of the molecule is CCOC(=O)CCCNC(=O)c1cc(C(C)C)nc2c1cnn2C(C)C. The van der Waals surface area contributed by atoms with Gasteiger partial charge in [0, 0.05) is 24.7 Å². The summed E-state index contributed by atoms with van der Waals surface area (Å²) in [5.41, 5.74) is 2.15. The Balaban J connectivity index is 2.19. The van der Waals surface area contributed by atoms with Gasteiger partial charge in [0.1, 0.15) is 0 Å². The summed E-state index contributed by atoms with van der Waals surface area (Å²) in [7, 11) is 0. The van der Waals surface area contributed by atoms with Crippen molar-refractivity contribution in [2.75, 3.05) is 13.2 Å². The number of amides is 1. The molecule has 0 aliphatic heterocycles. The van der Waals surface area contributed by atoms with Gasteiger partial charge in [0.05, 0.1) is 23.8 Å². The van der Waals surface area contributed by atoms with Gasteiger partial charge in [0.25, 0.3) is 5.91 Å². The summed E-state index contributed by atoms with van der Waals surface area (Å²) < 4.78 is 6.72. The van der Waals surface area contributed by atoms with E-state index >= 15 is 0 Å². The molecule has 0 saturated heterocycles. The molecule has 7 nitrogen and oxygen atoms in total. The molecule has 0 saturated carbocycles. The van der Waals surface area contributed by atoms with Crippen molar-refractivity contribution in [2.45, 2.75) is 59.4 Å². The summed E-state index contributed by atoms with van der Waals surface area (Å²) in [6, 6.07) is 1.99. The van der Waals surface area contributed by atoms with Gasteiger partial charge in [-0.05, 0) is 39.2 Å². The third kappa shape index (κ3) is 4.59. The Morgan fingerprint density at radius 2 is 2.00 bits per heavy atom. The molecule has 0 atom stereocenters. The van der Waals surface area contributed by atoms with Gasteiger partial charge in [0.2, 0.25) is 0 Å². The third-order valence-corrected chi connectivity index (χ3v) is 4.06. The molecular weight excluding hydrogens is 332 g/mol. The molecule has 26 heavy (non-hydrogen) atoms. The van der Waals surface area contributed by atoms with Crippen LogP contribution in [0.1, 0.15) is 75.5 Å². The van der Waals surface area contributed by atoms with E-state index in [1.165, 1.54) is 0 Å². The van der Waals surface area contributed by atoms with Crippen LogP contribution in [0.5, 0.6) is 0 Å². The van der Waals surface area contributed by atoms with Gasteiger partial charge in [-0.15, -0.1) is 0 Å². The minimum atomic E-state index is -0.242. The van der Waals surface area contributed by atoms with Crippen LogP contribution in [0.3, 0.4) is 0 Å².